The van der Waals surface area contributed by atoms with Crippen LogP contribution >= 0.6 is 0 Å². The molecule has 1 aliphatic heterocycles. The molecule has 4 rings (SSSR count). The van der Waals surface area contributed by atoms with Gasteiger partial charge in [0, 0.05) is 35.9 Å². The fraction of sp³-hybridized carbons (Fsp3) is 0.130. The Balaban J connectivity index is 1.51. The van der Waals surface area contributed by atoms with Crippen molar-refractivity contribution in [1.82, 2.24) is 10.4 Å². The molecule has 0 saturated carbocycles. The maximum Gasteiger partial charge on any atom is 0.255 e. The molecule has 1 saturated heterocycles. The Morgan fingerprint density at radius 1 is 1.00 bits per heavy atom. The van der Waals surface area contributed by atoms with Gasteiger partial charge in [-0.25, -0.2) is 5.01 Å². The molecule has 2 aromatic carbocycles. The van der Waals surface area contributed by atoms with Crippen molar-refractivity contribution in [3.8, 4) is 0 Å². The predicted octanol–water partition coefficient (Wildman–Crippen LogP) is 2.57. The molecule has 0 radical (unpaired) electrons. The highest BCUT2D eigenvalue weighted by Crippen LogP contribution is 2.27. The molecule has 156 valence electrons. The van der Waals surface area contributed by atoms with Crippen molar-refractivity contribution in [1.29, 1.82) is 0 Å². The third-order valence-electron chi connectivity index (χ3n) is 4.91. The van der Waals surface area contributed by atoms with Gasteiger partial charge in [0.25, 0.3) is 5.91 Å². The number of rotatable bonds is 5. The van der Waals surface area contributed by atoms with Gasteiger partial charge >= 0.3 is 0 Å². The summed E-state index contributed by atoms with van der Waals surface area (Å²) in [6, 6.07) is 18.5. The van der Waals surface area contributed by atoms with Crippen LogP contribution in [-0.2, 0) is 9.59 Å². The van der Waals surface area contributed by atoms with Crippen molar-refractivity contribution >= 4 is 29.1 Å². The fourth-order valence-electron chi connectivity index (χ4n) is 3.29. The number of aliphatic hydroxyl groups excluding tert-OH is 1. The summed E-state index contributed by atoms with van der Waals surface area (Å²) in [4.78, 5) is 40.5. The summed E-state index contributed by atoms with van der Waals surface area (Å²) in [5, 5.41) is 14.7. The maximum atomic E-state index is 12.8. The average molecular weight is 416 g/mol. The first-order valence-corrected chi connectivity index (χ1v) is 9.75. The molecule has 0 spiro atoms. The van der Waals surface area contributed by atoms with Gasteiger partial charge in [-0.2, -0.15) is 0 Å². The standard InChI is InChI=1S/C23H20N4O4/c28-20-12-13-21(29)27(26-20)16-10-8-15(9-11-16)23(31)25-18-6-2-1-5-17(18)22(30)19-7-3-4-14-24-19/h1-11,14,22,30H,12-13H2,(H,25,31)(H,26,28). The van der Waals surface area contributed by atoms with Gasteiger partial charge in [0.1, 0.15) is 6.10 Å². The Morgan fingerprint density at radius 3 is 2.48 bits per heavy atom. The average Bonchev–Trinajstić information content (AvgIpc) is 2.81. The molecule has 31 heavy (non-hydrogen) atoms. The molecular weight excluding hydrogens is 396 g/mol. The summed E-state index contributed by atoms with van der Waals surface area (Å²) in [6.45, 7) is 0. The van der Waals surface area contributed by atoms with Crippen molar-refractivity contribution in [3.05, 3.63) is 89.7 Å². The molecule has 8 heteroatoms. The molecule has 1 aromatic heterocycles. The summed E-state index contributed by atoms with van der Waals surface area (Å²) in [5.41, 5.74) is 4.81. The zero-order valence-corrected chi connectivity index (χ0v) is 16.5. The first-order chi connectivity index (χ1) is 15.0. The number of nitrogens with zero attached hydrogens (tertiary/aromatic N) is 2. The van der Waals surface area contributed by atoms with Gasteiger partial charge in [0.05, 0.1) is 11.4 Å². The Bertz CT molecular complexity index is 1120. The van der Waals surface area contributed by atoms with Crippen LogP contribution in [0.2, 0.25) is 0 Å². The number of para-hydroxylation sites is 1. The molecule has 3 aromatic rings. The summed E-state index contributed by atoms with van der Waals surface area (Å²) in [5.74, 6) is -0.819. The smallest absolute Gasteiger partial charge is 0.255 e. The Hall–Kier alpha value is -4.04. The summed E-state index contributed by atoms with van der Waals surface area (Å²) in [7, 11) is 0. The summed E-state index contributed by atoms with van der Waals surface area (Å²) in [6.07, 6.45) is 0.911. The molecule has 2 heterocycles. The molecule has 1 unspecified atom stereocenters. The lowest BCUT2D eigenvalue weighted by molar-refractivity contribution is -0.130. The number of nitrogens with one attached hydrogen (secondary N) is 2. The minimum Gasteiger partial charge on any atom is -0.382 e. The van der Waals surface area contributed by atoms with Crippen LogP contribution in [0.5, 0.6) is 0 Å². The minimum absolute atomic E-state index is 0.142. The second-order valence-corrected chi connectivity index (χ2v) is 7.01. The van der Waals surface area contributed by atoms with Crippen LogP contribution in [0, 0.1) is 0 Å². The number of aliphatic hydroxyl groups is 1. The van der Waals surface area contributed by atoms with Crippen LogP contribution in [0.1, 0.15) is 40.6 Å². The van der Waals surface area contributed by atoms with Gasteiger partial charge < -0.3 is 10.4 Å². The molecular formula is C23H20N4O4. The van der Waals surface area contributed by atoms with Crippen molar-refractivity contribution < 1.29 is 19.5 Å². The number of benzene rings is 2. The van der Waals surface area contributed by atoms with E-state index in [0.29, 0.717) is 28.2 Å². The largest absolute Gasteiger partial charge is 0.382 e. The van der Waals surface area contributed by atoms with Gasteiger partial charge in [0.2, 0.25) is 11.8 Å². The zero-order chi connectivity index (χ0) is 21.8. The first kappa shape index (κ1) is 20.2. The molecule has 0 aliphatic carbocycles. The normalized spacial score (nSPS) is 14.7. The van der Waals surface area contributed by atoms with E-state index in [0.717, 1.165) is 0 Å². The number of pyridine rings is 1. The van der Waals surface area contributed by atoms with E-state index in [1.807, 2.05) is 0 Å². The first-order valence-electron chi connectivity index (χ1n) is 9.75. The number of carbonyl (C=O) groups excluding carboxylic acids is 3. The molecule has 3 amide bonds. The number of hydrogen-bond acceptors (Lipinski definition) is 5. The van der Waals surface area contributed by atoms with Gasteiger partial charge in [-0.15, -0.1) is 0 Å². The Morgan fingerprint density at radius 2 is 1.74 bits per heavy atom. The number of hydrogen-bond donors (Lipinski definition) is 3. The molecule has 8 nitrogen and oxygen atoms in total. The van der Waals surface area contributed by atoms with Crippen LogP contribution in [-0.4, -0.2) is 27.8 Å². The second kappa shape index (κ2) is 8.76. The highest BCUT2D eigenvalue weighted by molar-refractivity contribution is 6.05. The van der Waals surface area contributed by atoms with Crippen molar-refractivity contribution in [2.45, 2.75) is 18.9 Å². The topological polar surface area (TPSA) is 112 Å². The number of carbonyl (C=O) groups is 3. The molecule has 1 atom stereocenters. The third-order valence-corrected chi connectivity index (χ3v) is 4.91. The van der Waals surface area contributed by atoms with E-state index in [4.69, 9.17) is 0 Å². The lowest BCUT2D eigenvalue weighted by Crippen LogP contribution is -2.50. The number of aromatic nitrogens is 1. The summed E-state index contributed by atoms with van der Waals surface area (Å²) >= 11 is 0. The predicted molar refractivity (Wildman–Crippen MR) is 114 cm³/mol. The minimum atomic E-state index is -0.992. The van der Waals surface area contributed by atoms with E-state index in [-0.39, 0.29) is 30.6 Å². The lowest BCUT2D eigenvalue weighted by Gasteiger charge is -2.27. The number of amides is 3. The summed E-state index contributed by atoms with van der Waals surface area (Å²) < 4.78 is 0. The fourth-order valence-corrected chi connectivity index (χ4v) is 3.29. The van der Waals surface area contributed by atoms with Gasteiger partial charge in [-0.3, -0.25) is 24.8 Å². The van der Waals surface area contributed by atoms with Crippen molar-refractivity contribution in [2.24, 2.45) is 0 Å². The molecule has 1 aliphatic rings. The van der Waals surface area contributed by atoms with Crippen LogP contribution in [0.4, 0.5) is 11.4 Å². The quantitative estimate of drug-likeness (QED) is 0.592. The van der Waals surface area contributed by atoms with Gasteiger partial charge in [-0.1, -0.05) is 24.3 Å². The highest BCUT2D eigenvalue weighted by atomic mass is 16.3. The van der Waals surface area contributed by atoms with E-state index in [1.54, 1.807) is 72.9 Å². The van der Waals surface area contributed by atoms with E-state index in [9.17, 15) is 19.5 Å². The number of anilines is 2. The van der Waals surface area contributed by atoms with Gasteiger partial charge in [0.15, 0.2) is 0 Å². The third kappa shape index (κ3) is 4.44. The van der Waals surface area contributed by atoms with Crippen molar-refractivity contribution in [2.75, 3.05) is 10.3 Å². The van der Waals surface area contributed by atoms with E-state index in [1.165, 1.54) is 5.01 Å². The monoisotopic (exact) mass is 416 g/mol. The number of hydrazine groups is 1. The highest BCUT2D eigenvalue weighted by Gasteiger charge is 2.24. The van der Waals surface area contributed by atoms with E-state index in [2.05, 4.69) is 15.7 Å². The Kier molecular flexibility index (Phi) is 5.72. The Labute approximate surface area is 178 Å². The van der Waals surface area contributed by atoms with Crippen LogP contribution in [0.3, 0.4) is 0 Å². The zero-order valence-electron chi connectivity index (χ0n) is 16.5. The van der Waals surface area contributed by atoms with Crippen LogP contribution in [0.15, 0.2) is 72.9 Å². The van der Waals surface area contributed by atoms with Crippen molar-refractivity contribution in [3.63, 3.8) is 0 Å². The molecule has 3 N–H and O–H groups in total. The lowest BCUT2D eigenvalue weighted by atomic mass is 10.0. The van der Waals surface area contributed by atoms with Crippen LogP contribution < -0.4 is 15.8 Å². The van der Waals surface area contributed by atoms with E-state index < -0.39 is 6.10 Å². The SMILES string of the molecule is O=C1CCC(=O)N(c2ccc(C(=O)Nc3ccccc3C(O)c3ccccn3)cc2)N1. The van der Waals surface area contributed by atoms with E-state index >= 15 is 0 Å². The maximum absolute atomic E-state index is 12.8. The van der Waals surface area contributed by atoms with Crippen LogP contribution in [0.25, 0.3) is 0 Å². The second-order valence-electron chi connectivity index (χ2n) is 7.01. The van der Waals surface area contributed by atoms with Gasteiger partial charge in [-0.05, 0) is 42.5 Å². The molecule has 1 fully saturated rings. The molecule has 0 bridgehead atoms.